The number of hydrogen-bond acceptors (Lipinski definition) is 2. The summed E-state index contributed by atoms with van der Waals surface area (Å²) in [6, 6.07) is 97.5. The molecule has 0 heterocycles. The van der Waals surface area contributed by atoms with E-state index in [1.807, 2.05) is 0 Å². The van der Waals surface area contributed by atoms with Gasteiger partial charge in [0, 0.05) is 39.5 Å². The molecule has 11 aromatic carbocycles. The minimum absolute atomic E-state index is 0.230. The predicted octanol–water partition coefficient (Wildman–Crippen LogP) is 18.8. The zero-order chi connectivity index (χ0) is 46.3. The summed E-state index contributed by atoms with van der Waals surface area (Å²) in [6.07, 6.45) is 0. The minimum atomic E-state index is -0.230. The molecule has 0 N–H and O–H groups in total. The lowest BCUT2D eigenvalue weighted by Gasteiger charge is -2.31. The second kappa shape index (κ2) is 17.5. The first kappa shape index (κ1) is 41.7. The summed E-state index contributed by atoms with van der Waals surface area (Å²) in [5.41, 5.74) is 21.1. The molecule has 0 aromatic heterocycles. The number of fused-ring (bicyclic) bond motifs is 4. The van der Waals surface area contributed by atoms with E-state index in [0.29, 0.717) is 0 Å². The van der Waals surface area contributed by atoms with Crippen LogP contribution in [-0.4, -0.2) is 0 Å². The Hall–Kier alpha value is -8.72. The Labute approximate surface area is 405 Å². The van der Waals surface area contributed by atoms with Gasteiger partial charge in [-0.3, -0.25) is 0 Å². The molecule has 0 aliphatic heterocycles. The fourth-order valence-electron chi connectivity index (χ4n) is 10.7. The lowest BCUT2D eigenvalue weighted by atomic mass is 9.81. The third kappa shape index (κ3) is 7.57. The molecule has 0 amide bonds. The topological polar surface area (TPSA) is 6.48 Å². The summed E-state index contributed by atoms with van der Waals surface area (Å²) in [5, 5.41) is 2.43. The molecule has 0 atom stereocenters. The number of benzene rings is 11. The molecule has 69 heavy (non-hydrogen) atoms. The molecule has 0 saturated heterocycles. The molecule has 11 aromatic rings. The molecule has 0 saturated carbocycles. The molecule has 1 aliphatic rings. The first-order chi connectivity index (χ1) is 34.0. The SMILES string of the molecule is CC1(C)c2cc(N(c3ccccc3)c3cc(-c4ccc5ccccc5c4-c4ccccc4)cc(N(c4ccccc4)c4ccc(-c5ccccc5)cc4)c3)ccc2-c2c(-c3ccccc3)cccc21. The van der Waals surface area contributed by atoms with Crippen LogP contribution in [-0.2, 0) is 5.41 Å². The van der Waals surface area contributed by atoms with E-state index >= 15 is 0 Å². The smallest absolute Gasteiger partial charge is 0.0488 e. The van der Waals surface area contributed by atoms with Crippen molar-refractivity contribution in [1.82, 2.24) is 0 Å². The molecular formula is C67H50N2. The highest BCUT2D eigenvalue weighted by molar-refractivity contribution is 6.05. The molecule has 0 bridgehead atoms. The van der Waals surface area contributed by atoms with E-state index in [0.717, 1.165) is 39.7 Å². The Morgan fingerprint density at radius 3 is 1.38 bits per heavy atom. The molecule has 0 radical (unpaired) electrons. The van der Waals surface area contributed by atoms with E-state index in [4.69, 9.17) is 0 Å². The van der Waals surface area contributed by atoms with Crippen molar-refractivity contribution in [2.24, 2.45) is 0 Å². The molecule has 2 heteroatoms. The molecule has 0 spiro atoms. The Morgan fingerprint density at radius 2 is 0.739 bits per heavy atom. The van der Waals surface area contributed by atoms with E-state index in [9.17, 15) is 0 Å². The van der Waals surface area contributed by atoms with E-state index < -0.39 is 0 Å². The standard InChI is InChI=1S/C67H50N2/c1-67(2)63-34-20-33-60(49-23-10-4-11-24-49)66(63)62-42-40-56(46-64(62)67)69(54-30-16-7-17-31-54)58-44-52(61-41-37-50-25-18-19-32-59(50)65(61)51-26-12-5-13-27-51)43-57(45-58)68(53-28-14-6-15-29-53)55-38-35-48(36-39-55)47-21-8-3-9-22-47/h3-46H,1-2H3. The maximum Gasteiger partial charge on any atom is 0.0488 e. The van der Waals surface area contributed by atoms with Crippen LogP contribution in [0.5, 0.6) is 0 Å². The monoisotopic (exact) mass is 882 g/mol. The van der Waals surface area contributed by atoms with Gasteiger partial charge in [0.2, 0.25) is 0 Å². The fourth-order valence-corrected chi connectivity index (χ4v) is 10.7. The largest absolute Gasteiger partial charge is 0.310 e. The third-order valence-corrected chi connectivity index (χ3v) is 14.0. The normalized spacial score (nSPS) is 12.3. The van der Waals surface area contributed by atoms with Crippen LogP contribution in [0.15, 0.2) is 267 Å². The zero-order valence-electron chi connectivity index (χ0n) is 38.8. The van der Waals surface area contributed by atoms with Crippen LogP contribution in [0.1, 0.15) is 25.0 Å². The van der Waals surface area contributed by atoms with Crippen molar-refractivity contribution in [2.45, 2.75) is 19.3 Å². The van der Waals surface area contributed by atoms with Crippen molar-refractivity contribution in [3.05, 3.63) is 278 Å². The second-order valence-electron chi connectivity index (χ2n) is 18.5. The van der Waals surface area contributed by atoms with Crippen LogP contribution in [0.2, 0.25) is 0 Å². The van der Waals surface area contributed by atoms with Crippen molar-refractivity contribution in [1.29, 1.82) is 0 Å². The first-order valence-electron chi connectivity index (χ1n) is 23.9. The van der Waals surface area contributed by atoms with Gasteiger partial charge in [-0.2, -0.15) is 0 Å². The van der Waals surface area contributed by atoms with Gasteiger partial charge in [-0.25, -0.2) is 0 Å². The third-order valence-electron chi connectivity index (χ3n) is 14.0. The quantitative estimate of drug-likeness (QED) is 0.135. The Kier molecular flexibility index (Phi) is 10.6. The summed E-state index contributed by atoms with van der Waals surface area (Å²) >= 11 is 0. The summed E-state index contributed by atoms with van der Waals surface area (Å²) in [4.78, 5) is 4.86. The first-order valence-corrected chi connectivity index (χ1v) is 23.9. The minimum Gasteiger partial charge on any atom is -0.310 e. The molecule has 0 fully saturated rings. The predicted molar refractivity (Wildman–Crippen MR) is 293 cm³/mol. The maximum absolute atomic E-state index is 2.45. The lowest BCUT2D eigenvalue weighted by Crippen LogP contribution is -2.17. The number of hydrogen-bond donors (Lipinski definition) is 0. The Balaban J connectivity index is 1.11. The van der Waals surface area contributed by atoms with Crippen LogP contribution in [0.4, 0.5) is 34.1 Å². The van der Waals surface area contributed by atoms with Gasteiger partial charge in [-0.05, 0) is 144 Å². The van der Waals surface area contributed by atoms with Gasteiger partial charge >= 0.3 is 0 Å². The highest BCUT2D eigenvalue weighted by Crippen LogP contribution is 2.54. The molecule has 0 unspecified atom stereocenters. The molecule has 1 aliphatic carbocycles. The summed E-state index contributed by atoms with van der Waals surface area (Å²) < 4.78 is 0. The summed E-state index contributed by atoms with van der Waals surface area (Å²) in [5.74, 6) is 0. The van der Waals surface area contributed by atoms with Crippen molar-refractivity contribution >= 4 is 44.9 Å². The average Bonchev–Trinajstić information content (AvgIpc) is 3.65. The van der Waals surface area contributed by atoms with Crippen LogP contribution in [0.3, 0.4) is 0 Å². The zero-order valence-corrected chi connectivity index (χ0v) is 38.8. The van der Waals surface area contributed by atoms with E-state index in [2.05, 4.69) is 291 Å². The number of rotatable bonds is 10. The van der Waals surface area contributed by atoms with Gasteiger partial charge in [-0.15, -0.1) is 0 Å². The number of para-hydroxylation sites is 2. The number of anilines is 6. The average molecular weight is 883 g/mol. The Morgan fingerprint density at radius 1 is 0.261 bits per heavy atom. The van der Waals surface area contributed by atoms with Crippen molar-refractivity contribution < 1.29 is 0 Å². The van der Waals surface area contributed by atoms with Gasteiger partial charge in [-0.1, -0.05) is 214 Å². The van der Waals surface area contributed by atoms with Crippen LogP contribution in [0, 0.1) is 0 Å². The van der Waals surface area contributed by atoms with Crippen LogP contribution in [0.25, 0.3) is 66.4 Å². The van der Waals surface area contributed by atoms with Gasteiger partial charge in [0.1, 0.15) is 0 Å². The maximum atomic E-state index is 2.45. The van der Waals surface area contributed by atoms with Gasteiger partial charge in [0.25, 0.3) is 0 Å². The van der Waals surface area contributed by atoms with Crippen LogP contribution < -0.4 is 9.80 Å². The summed E-state index contributed by atoms with van der Waals surface area (Å²) in [6.45, 7) is 4.76. The van der Waals surface area contributed by atoms with Gasteiger partial charge in [0.05, 0.1) is 0 Å². The lowest BCUT2D eigenvalue weighted by molar-refractivity contribution is 0.660. The highest BCUT2D eigenvalue weighted by Gasteiger charge is 2.37. The fraction of sp³-hybridized carbons (Fsp3) is 0.0448. The molecular weight excluding hydrogens is 833 g/mol. The van der Waals surface area contributed by atoms with Crippen molar-refractivity contribution in [2.75, 3.05) is 9.80 Å². The molecule has 12 rings (SSSR count). The molecule has 2 nitrogen and oxygen atoms in total. The highest BCUT2D eigenvalue weighted by atomic mass is 15.2. The van der Waals surface area contributed by atoms with Gasteiger partial charge < -0.3 is 9.80 Å². The van der Waals surface area contributed by atoms with Gasteiger partial charge in [0.15, 0.2) is 0 Å². The van der Waals surface area contributed by atoms with E-state index in [1.54, 1.807) is 0 Å². The van der Waals surface area contributed by atoms with E-state index in [1.165, 1.54) is 72.0 Å². The second-order valence-corrected chi connectivity index (χ2v) is 18.5. The van der Waals surface area contributed by atoms with E-state index in [-0.39, 0.29) is 5.41 Å². The van der Waals surface area contributed by atoms with Crippen molar-refractivity contribution in [3.63, 3.8) is 0 Å². The number of nitrogens with zero attached hydrogens (tertiary/aromatic N) is 2. The molecule has 328 valence electrons. The Bertz CT molecular complexity index is 3600. The summed E-state index contributed by atoms with van der Waals surface area (Å²) in [7, 11) is 0. The van der Waals surface area contributed by atoms with Crippen LogP contribution >= 0.6 is 0 Å². The van der Waals surface area contributed by atoms with Crippen molar-refractivity contribution in [3.8, 4) is 55.6 Å².